The Morgan fingerprint density at radius 3 is 2.65 bits per heavy atom. The van der Waals surface area contributed by atoms with Gasteiger partial charge in [-0.15, -0.1) is 0 Å². The fourth-order valence-electron chi connectivity index (χ4n) is 2.34. The van der Waals surface area contributed by atoms with Gasteiger partial charge >= 0.3 is 5.63 Å². The van der Waals surface area contributed by atoms with Gasteiger partial charge in [-0.3, -0.25) is 0 Å². The van der Waals surface area contributed by atoms with Crippen LogP contribution in [-0.4, -0.2) is 6.61 Å². The standard InChI is InChI=1S/C17H22O3/c1-4-6-7-8-19-15-11-16-14(10-13(15)5-2)12(3)9-17(18)20-16/h9-11H,4-8H2,1-3H3. The number of rotatable bonds is 6. The average molecular weight is 274 g/mol. The molecule has 108 valence electrons. The second-order valence-electron chi connectivity index (χ2n) is 5.11. The molecule has 0 saturated heterocycles. The summed E-state index contributed by atoms with van der Waals surface area (Å²) in [6.45, 7) is 6.92. The Balaban J connectivity index is 2.35. The molecule has 1 aromatic carbocycles. The fraction of sp³-hybridized carbons (Fsp3) is 0.471. The molecule has 20 heavy (non-hydrogen) atoms. The van der Waals surface area contributed by atoms with Gasteiger partial charge in [0, 0.05) is 17.5 Å². The molecule has 0 fully saturated rings. The van der Waals surface area contributed by atoms with E-state index >= 15 is 0 Å². The van der Waals surface area contributed by atoms with Gasteiger partial charge in [-0.25, -0.2) is 4.79 Å². The maximum atomic E-state index is 11.5. The molecule has 3 nitrogen and oxygen atoms in total. The van der Waals surface area contributed by atoms with Crippen molar-refractivity contribution >= 4 is 11.0 Å². The lowest BCUT2D eigenvalue weighted by molar-refractivity contribution is 0.303. The lowest BCUT2D eigenvalue weighted by Crippen LogP contribution is -2.02. The summed E-state index contributed by atoms with van der Waals surface area (Å²) in [7, 11) is 0. The van der Waals surface area contributed by atoms with Crippen LogP contribution in [0.1, 0.15) is 44.2 Å². The van der Waals surface area contributed by atoms with E-state index in [1.54, 1.807) is 0 Å². The number of fused-ring (bicyclic) bond motifs is 1. The molecule has 3 heteroatoms. The highest BCUT2D eigenvalue weighted by Crippen LogP contribution is 2.27. The maximum absolute atomic E-state index is 11.5. The van der Waals surface area contributed by atoms with E-state index in [2.05, 4.69) is 19.9 Å². The van der Waals surface area contributed by atoms with E-state index in [4.69, 9.17) is 9.15 Å². The van der Waals surface area contributed by atoms with Crippen molar-refractivity contribution in [3.8, 4) is 5.75 Å². The molecule has 0 aliphatic carbocycles. The van der Waals surface area contributed by atoms with E-state index in [0.717, 1.165) is 35.1 Å². The molecular weight excluding hydrogens is 252 g/mol. The predicted molar refractivity (Wildman–Crippen MR) is 81.6 cm³/mol. The van der Waals surface area contributed by atoms with Crippen molar-refractivity contribution in [3.05, 3.63) is 39.7 Å². The monoisotopic (exact) mass is 274 g/mol. The Kier molecular flexibility index (Phi) is 4.83. The molecule has 1 aromatic heterocycles. The van der Waals surface area contributed by atoms with Crippen molar-refractivity contribution in [1.29, 1.82) is 0 Å². The van der Waals surface area contributed by atoms with Crippen LogP contribution in [0.25, 0.3) is 11.0 Å². The van der Waals surface area contributed by atoms with E-state index in [0.29, 0.717) is 12.2 Å². The summed E-state index contributed by atoms with van der Waals surface area (Å²) in [5.41, 5.74) is 2.41. The molecule has 0 saturated carbocycles. The predicted octanol–water partition coefficient (Wildman–Crippen LogP) is 4.23. The molecule has 0 amide bonds. The zero-order chi connectivity index (χ0) is 14.5. The molecular formula is C17H22O3. The summed E-state index contributed by atoms with van der Waals surface area (Å²) >= 11 is 0. The minimum Gasteiger partial charge on any atom is -0.493 e. The van der Waals surface area contributed by atoms with Crippen LogP contribution in [0.5, 0.6) is 5.75 Å². The summed E-state index contributed by atoms with van der Waals surface area (Å²) < 4.78 is 11.1. The number of ether oxygens (including phenoxy) is 1. The SMILES string of the molecule is CCCCCOc1cc2oc(=O)cc(C)c2cc1CC. The van der Waals surface area contributed by atoms with Gasteiger partial charge < -0.3 is 9.15 Å². The van der Waals surface area contributed by atoms with Crippen molar-refractivity contribution in [2.75, 3.05) is 6.61 Å². The minimum atomic E-state index is -0.309. The number of hydrogen-bond donors (Lipinski definition) is 0. The molecule has 0 aliphatic heterocycles. The van der Waals surface area contributed by atoms with Gasteiger partial charge in [0.1, 0.15) is 11.3 Å². The normalized spacial score (nSPS) is 10.9. The second-order valence-corrected chi connectivity index (χ2v) is 5.11. The van der Waals surface area contributed by atoms with Crippen molar-refractivity contribution in [3.63, 3.8) is 0 Å². The van der Waals surface area contributed by atoms with Crippen molar-refractivity contribution in [2.45, 2.75) is 46.5 Å². The van der Waals surface area contributed by atoms with Crippen molar-refractivity contribution in [1.82, 2.24) is 0 Å². The summed E-state index contributed by atoms with van der Waals surface area (Å²) in [5, 5.41) is 0.988. The third-order valence-corrected chi connectivity index (χ3v) is 3.52. The van der Waals surface area contributed by atoms with Crippen molar-refractivity contribution < 1.29 is 9.15 Å². The average Bonchev–Trinajstić information content (AvgIpc) is 2.42. The van der Waals surface area contributed by atoms with Crippen LogP contribution in [0.3, 0.4) is 0 Å². The van der Waals surface area contributed by atoms with Gasteiger partial charge in [-0.05, 0) is 37.0 Å². The zero-order valence-corrected chi connectivity index (χ0v) is 12.5. The molecule has 0 bridgehead atoms. The lowest BCUT2D eigenvalue weighted by atomic mass is 10.1. The van der Waals surface area contributed by atoms with Gasteiger partial charge in [0.25, 0.3) is 0 Å². The number of hydrogen-bond acceptors (Lipinski definition) is 3. The van der Waals surface area contributed by atoms with E-state index in [-0.39, 0.29) is 5.63 Å². The van der Waals surface area contributed by atoms with Gasteiger partial charge in [0.2, 0.25) is 0 Å². The maximum Gasteiger partial charge on any atom is 0.336 e. The van der Waals surface area contributed by atoms with Crippen LogP contribution in [0.15, 0.2) is 27.4 Å². The highest BCUT2D eigenvalue weighted by atomic mass is 16.5. The molecule has 2 aromatic rings. The molecule has 0 unspecified atom stereocenters. The first-order chi connectivity index (χ1) is 9.65. The molecule has 2 rings (SSSR count). The van der Waals surface area contributed by atoms with Gasteiger partial charge in [0.05, 0.1) is 6.61 Å². The van der Waals surface area contributed by atoms with Crippen LogP contribution in [-0.2, 0) is 6.42 Å². The fourth-order valence-corrected chi connectivity index (χ4v) is 2.34. The Morgan fingerprint density at radius 1 is 1.15 bits per heavy atom. The third kappa shape index (κ3) is 3.21. The summed E-state index contributed by atoms with van der Waals surface area (Å²) in [4.78, 5) is 11.5. The Morgan fingerprint density at radius 2 is 1.95 bits per heavy atom. The number of unbranched alkanes of at least 4 members (excludes halogenated alkanes) is 2. The number of aryl methyl sites for hydroxylation is 2. The Hall–Kier alpha value is -1.77. The summed E-state index contributed by atoms with van der Waals surface area (Å²) in [6.07, 6.45) is 4.30. The minimum absolute atomic E-state index is 0.309. The van der Waals surface area contributed by atoms with Gasteiger partial charge in [0.15, 0.2) is 0 Å². The summed E-state index contributed by atoms with van der Waals surface area (Å²) in [5.74, 6) is 0.838. The molecule has 0 radical (unpaired) electrons. The number of benzene rings is 1. The highest BCUT2D eigenvalue weighted by molar-refractivity contribution is 5.82. The zero-order valence-electron chi connectivity index (χ0n) is 12.5. The Labute approximate surface area is 119 Å². The van der Waals surface area contributed by atoms with Crippen LogP contribution >= 0.6 is 0 Å². The first kappa shape index (κ1) is 14.6. The first-order valence-electron chi connectivity index (χ1n) is 7.35. The molecule has 0 aliphatic rings. The van der Waals surface area contributed by atoms with E-state index in [1.165, 1.54) is 18.9 Å². The second kappa shape index (κ2) is 6.60. The molecule has 0 atom stereocenters. The quantitative estimate of drug-likeness (QED) is 0.584. The lowest BCUT2D eigenvalue weighted by Gasteiger charge is -2.12. The van der Waals surface area contributed by atoms with Crippen LogP contribution < -0.4 is 10.4 Å². The van der Waals surface area contributed by atoms with E-state index in [9.17, 15) is 4.79 Å². The smallest absolute Gasteiger partial charge is 0.336 e. The van der Waals surface area contributed by atoms with E-state index in [1.807, 2.05) is 13.0 Å². The Bertz CT molecular complexity index is 640. The largest absolute Gasteiger partial charge is 0.493 e. The van der Waals surface area contributed by atoms with Crippen LogP contribution in [0.2, 0.25) is 0 Å². The van der Waals surface area contributed by atoms with E-state index < -0.39 is 0 Å². The topological polar surface area (TPSA) is 39.4 Å². The first-order valence-corrected chi connectivity index (χ1v) is 7.35. The highest BCUT2D eigenvalue weighted by Gasteiger charge is 2.09. The van der Waals surface area contributed by atoms with Gasteiger partial charge in [-0.1, -0.05) is 26.7 Å². The van der Waals surface area contributed by atoms with Crippen LogP contribution in [0, 0.1) is 6.92 Å². The third-order valence-electron chi connectivity index (χ3n) is 3.52. The van der Waals surface area contributed by atoms with Crippen molar-refractivity contribution in [2.24, 2.45) is 0 Å². The van der Waals surface area contributed by atoms with Gasteiger partial charge in [-0.2, -0.15) is 0 Å². The molecule has 1 heterocycles. The molecule has 0 spiro atoms. The van der Waals surface area contributed by atoms with Crippen LogP contribution in [0.4, 0.5) is 0 Å². The summed E-state index contributed by atoms with van der Waals surface area (Å²) in [6, 6.07) is 5.46. The molecule has 0 N–H and O–H groups in total.